The summed E-state index contributed by atoms with van der Waals surface area (Å²) in [6.45, 7) is 0. The van der Waals surface area contributed by atoms with Gasteiger partial charge in [0.1, 0.15) is 5.92 Å². The van der Waals surface area contributed by atoms with Crippen LogP contribution in [0.5, 0.6) is 0 Å². The van der Waals surface area contributed by atoms with Crippen molar-refractivity contribution in [2.24, 2.45) is 5.92 Å². The summed E-state index contributed by atoms with van der Waals surface area (Å²) in [6, 6.07) is 14.5. The van der Waals surface area contributed by atoms with Crippen LogP contribution in [-0.4, -0.2) is 25.2 Å². The van der Waals surface area contributed by atoms with Gasteiger partial charge in [0.05, 0.1) is 7.11 Å². The Morgan fingerprint density at radius 2 is 1.59 bits per heavy atom. The van der Waals surface area contributed by atoms with Gasteiger partial charge >= 0.3 is 18.1 Å². The zero-order valence-corrected chi connectivity index (χ0v) is 14.2. The first-order chi connectivity index (χ1) is 12.8. The summed E-state index contributed by atoms with van der Waals surface area (Å²) in [7, 11) is 0.994. The van der Waals surface area contributed by atoms with Gasteiger partial charge in [0.15, 0.2) is 0 Å². The zero-order chi connectivity index (χ0) is 19.7. The fraction of sp³-hybridized carbons (Fsp3) is 0.200. The molecular formula is C20H15F3O4. The molecule has 0 fully saturated rings. The van der Waals surface area contributed by atoms with E-state index in [1.165, 1.54) is 42.5 Å². The molecule has 0 aliphatic carbocycles. The Kier molecular flexibility index (Phi) is 4.78. The molecule has 0 amide bonds. The predicted octanol–water partition coefficient (Wildman–Crippen LogP) is 3.87. The van der Waals surface area contributed by atoms with Gasteiger partial charge in [-0.1, -0.05) is 60.7 Å². The first kappa shape index (κ1) is 18.7. The minimum atomic E-state index is -5.07. The maximum absolute atomic E-state index is 14.4. The van der Waals surface area contributed by atoms with Crippen LogP contribution < -0.4 is 0 Å². The van der Waals surface area contributed by atoms with Crippen LogP contribution in [0, 0.1) is 5.92 Å². The number of ether oxygens (including phenoxy) is 2. The SMILES string of the molecule is COC(=O)[C@@H]1C(c2ccccc2)=CC(=O)O[C@]1(c1ccccc1)C(F)(F)F. The van der Waals surface area contributed by atoms with Crippen molar-refractivity contribution in [2.45, 2.75) is 11.8 Å². The van der Waals surface area contributed by atoms with E-state index < -0.39 is 29.6 Å². The van der Waals surface area contributed by atoms with E-state index in [2.05, 4.69) is 4.74 Å². The third-order valence-corrected chi connectivity index (χ3v) is 4.42. The lowest BCUT2D eigenvalue weighted by molar-refractivity contribution is -0.288. The molecular weight excluding hydrogens is 361 g/mol. The summed E-state index contributed by atoms with van der Waals surface area (Å²) in [5.41, 5.74) is -3.37. The third-order valence-electron chi connectivity index (χ3n) is 4.42. The largest absolute Gasteiger partial charge is 0.468 e. The van der Waals surface area contributed by atoms with Crippen LogP contribution in [0.4, 0.5) is 13.2 Å². The van der Waals surface area contributed by atoms with E-state index in [1.807, 2.05) is 0 Å². The van der Waals surface area contributed by atoms with Crippen molar-refractivity contribution in [1.29, 1.82) is 0 Å². The Labute approximate surface area is 153 Å². The van der Waals surface area contributed by atoms with E-state index in [4.69, 9.17) is 4.74 Å². The molecule has 0 saturated carbocycles. The molecule has 0 aromatic heterocycles. The van der Waals surface area contributed by atoms with Crippen molar-refractivity contribution in [1.82, 2.24) is 0 Å². The zero-order valence-electron chi connectivity index (χ0n) is 14.2. The fourth-order valence-electron chi connectivity index (χ4n) is 3.26. The Morgan fingerprint density at radius 1 is 1.04 bits per heavy atom. The maximum atomic E-state index is 14.4. The lowest BCUT2D eigenvalue weighted by Crippen LogP contribution is -2.56. The lowest BCUT2D eigenvalue weighted by atomic mass is 9.72. The Bertz CT molecular complexity index is 875. The van der Waals surface area contributed by atoms with Crippen molar-refractivity contribution < 1.29 is 32.2 Å². The van der Waals surface area contributed by atoms with Crippen LogP contribution in [0.3, 0.4) is 0 Å². The summed E-state index contributed by atoms with van der Waals surface area (Å²) in [6.07, 6.45) is -4.17. The number of carbonyl (C=O) groups is 2. The average Bonchev–Trinajstić information content (AvgIpc) is 2.67. The van der Waals surface area contributed by atoms with Crippen LogP contribution in [0.2, 0.25) is 0 Å². The molecule has 7 heteroatoms. The highest BCUT2D eigenvalue weighted by Gasteiger charge is 2.68. The molecule has 140 valence electrons. The highest BCUT2D eigenvalue weighted by molar-refractivity contribution is 6.01. The van der Waals surface area contributed by atoms with E-state index in [0.717, 1.165) is 13.2 Å². The van der Waals surface area contributed by atoms with Crippen LogP contribution in [0.1, 0.15) is 11.1 Å². The normalized spacial score (nSPS) is 22.6. The Morgan fingerprint density at radius 3 is 2.11 bits per heavy atom. The molecule has 27 heavy (non-hydrogen) atoms. The van der Waals surface area contributed by atoms with Crippen LogP contribution in [0.15, 0.2) is 66.7 Å². The van der Waals surface area contributed by atoms with Gasteiger partial charge in [-0.3, -0.25) is 4.79 Å². The van der Waals surface area contributed by atoms with Gasteiger partial charge in [-0.05, 0) is 11.1 Å². The highest BCUT2D eigenvalue weighted by Crippen LogP contribution is 2.54. The van der Waals surface area contributed by atoms with E-state index in [9.17, 15) is 22.8 Å². The van der Waals surface area contributed by atoms with Gasteiger partial charge in [-0.25, -0.2) is 4.79 Å². The number of hydrogen-bond donors (Lipinski definition) is 0. The number of halogens is 3. The number of rotatable bonds is 3. The summed E-state index contributed by atoms with van der Waals surface area (Å²) in [4.78, 5) is 24.7. The van der Waals surface area contributed by atoms with Crippen molar-refractivity contribution in [2.75, 3.05) is 7.11 Å². The molecule has 1 heterocycles. The second-order valence-electron chi connectivity index (χ2n) is 5.94. The molecule has 2 aromatic carbocycles. The average molecular weight is 376 g/mol. The summed E-state index contributed by atoms with van der Waals surface area (Å²) in [5, 5.41) is 0. The van der Waals surface area contributed by atoms with Gasteiger partial charge in [-0.2, -0.15) is 13.2 Å². The predicted molar refractivity (Wildman–Crippen MR) is 90.2 cm³/mol. The van der Waals surface area contributed by atoms with Gasteiger partial charge in [0.25, 0.3) is 0 Å². The molecule has 0 N–H and O–H groups in total. The molecule has 2 aromatic rings. The second-order valence-corrected chi connectivity index (χ2v) is 5.94. The smallest absolute Gasteiger partial charge is 0.434 e. The molecule has 1 aliphatic heterocycles. The van der Waals surface area contributed by atoms with Crippen molar-refractivity contribution in [3.63, 3.8) is 0 Å². The number of methoxy groups -OCH3 is 1. The number of alkyl halides is 3. The maximum Gasteiger partial charge on any atom is 0.434 e. The van der Waals surface area contributed by atoms with E-state index in [0.29, 0.717) is 5.56 Å². The van der Waals surface area contributed by atoms with Crippen molar-refractivity contribution in [3.05, 3.63) is 77.9 Å². The first-order valence-electron chi connectivity index (χ1n) is 8.01. The molecule has 4 nitrogen and oxygen atoms in total. The third kappa shape index (κ3) is 3.09. The van der Waals surface area contributed by atoms with Gasteiger partial charge in [-0.15, -0.1) is 0 Å². The first-order valence-corrected chi connectivity index (χ1v) is 8.01. The van der Waals surface area contributed by atoms with Crippen LogP contribution >= 0.6 is 0 Å². The second kappa shape index (κ2) is 6.90. The van der Waals surface area contributed by atoms with Crippen LogP contribution in [-0.2, 0) is 24.7 Å². The summed E-state index contributed by atoms with van der Waals surface area (Å²) < 4.78 is 52.7. The molecule has 0 radical (unpaired) electrons. The number of esters is 2. The van der Waals surface area contributed by atoms with E-state index >= 15 is 0 Å². The Hall–Kier alpha value is -3.09. The number of carbonyl (C=O) groups excluding carboxylic acids is 2. The standard InChI is InChI=1S/C20H15F3O4/c1-26-18(25)17-15(13-8-4-2-5-9-13)12-16(24)27-19(17,20(21,22)23)14-10-6-3-7-11-14/h2-12,17H,1H3/t17-,19-/m0/s1. The molecule has 2 atom stereocenters. The topological polar surface area (TPSA) is 52.6 Å². The van der Waals surface area contributed by atoms with Crippen LogP contribution in [0.25, 0.3) is 5.57 Å². The van der Waals surface area contributed by atoms with Gasteiger partial charge < -0.3 is 9.47 Å². The molecule has 1 aliphatic rings. The molecule has 0 spiro atoms. The van der Waals surface area contributed by atoms with E-state index in [1.54, 1.807) is 18.2 Å². The van der Waals surface area contributed by atoms with Gasteiger partial charge in [0.2, 0.25) is 5.60 Å². The van der Waals surface area contributed by atoms with Crippen molar-refractivity contribution >= 4 is 17.5 Å². The number of hydrogen-bond acceptors (Lipinski definition) is 4. The lowest BCUT2D eigenvalue weighted by Gasteiger charge is -2.43. The van der Waals surface area contributed by atoms with Crippen molar-refractivity contribution in [3.8, 4) is 0 Å². The number of benzene rings is 2. The minimum absolute atomic E-state index is 0.111. The summed E-state index contributed by atoms with van der Waals surface area (Å²) >= 11 is 0. The van der Waals surface area contributed by atoms with Gasteiger partial charge in [0, 0.05) is 11.6 Å². The number of cyclic esters (lactones) is 1. The quantitative estimate of drug-likeness (QED) is 0.763. The minimum Gasteiger partial charge on any atom is -0.468 e. The summed E-state index contributed by atoms with van der Waals surface area (Å²) in [5.74, 6) is -4.25. The molecule has 0 bridgehead atoms. The molecule has 0 unspecified atom stereocenters. The Balaban J connectivity index is 2.33. The fourth-order valence-corrected chi connectivity index (χ4v) is 3.26. The monoisotopic (exact) mass is 376 g/mol. The molecule has 3 rings (SSSR count). The molecule has 0 saturated heterocycles. The highest BCUT2D eigenvalue weighted by atomic mass is 19.4. The van der Waals surface area contributed by atoms with E-state index in [-0.39, 0.29) is 11.1 Å².